The second kappa shape index (κ2) is 3.97. The SMILES string of the molecule is ICN1c2ccccc2Oc2ccccc21. The van der Waals surface area contributed by atoms with Crippen LogP contribution in [0.1, 0.15) is 0 Å². The van der Waals surface area contributed by atoms with E-state index in [0.717, 1.165) is 27.4 Å². The molecule has 16 heavy (non-hydrogen) atoms. The fourth-order valence-electron chi connectivity index (χ4n) is 1.91. The molecule has 0 N–H and O–H groups in total. The van der Waals surface area contributed by atoms with E-state index >= 15 is 0 Å². The van der Waals surface area contributed by atoms with Gasteiger partial charge in [-0.2, -0.15) is 0 Å². The van der Waals surface area contributed by atoms with Gasteiger partial charge in [0.25, 0.3) is 0 Å². The van der Waals surface area contributed by atoms with Gasteiger partial charge in [0, 0.05) is 0 Å². The molecule has 0 bridgehead atoms. The predicted octanol–water partition coefficient (Wildman–Crippen LogP) is 4.32. The van der Waals surface area contributed by atoms with Gasteiger partial charge in [-0.15, -0.1) is 0 Å². The van der Waals surface area contributed by atoms with Gasteiger partial charge in [0.15, 0.2) is 11.5 Å². The Hall–Kier alpha value is -1.23. The summed E-state index contributed by atoms with van der Waals surface area (Å²) in [7, 11) is 0. The average molecular weight is 323 g/mol. The minimum atomic E-state index is 0.912. The van der Waals surface area contributed by atoms with E-state index in [1.165, 1.54) is 0 Å². The van der Waals surface area contributed by atoms with Crippen molar-refractivity contribution in [2.45, 2.75) is 0 Å². The maximum Gasteiger partial charge on any atom is 0.151 e. The van der Waals surface area contributed by atoms with E-state index in [0.29, 0.717) is 0 Å². The zero-order chi connectivity index (χ0) is 11.0. The van der Waals surface area contributed by atoms with E-state index in [9.17, 15) is 0 Å². The molecule has 0 aromatic heterocycles. The van der Waals surface area contributed by atoms with Gasteiger partial charge >= 0.3 is 0 Å². The van der Waals surface area contributed by atoms with Gasteiger partial charge in [-0.05, 0) is 24.3 Å². The van der Waals surface area contributed by atoms with Gasteiger partial charge in [-0.3, -0.25) is 0 Å². The molecule has 0 unspecified atom stereocenters. The van der Waals surface area contributed by atoms with Crippen molar-refractivity contribution in [1.82, 2.24) is 0 Å². The van der Waals surface area contributed by atoms with Crippen LogP contribution in [0.25, 0.3) is 0 Å². The van der Waals surface area contributed by atoms with Gasteiger partial charge in [-0.25, -0.2) is 0 Å². The molecule has 2 aromatic rings. The molecule has 3 heteroatoms. The summed E-state index contributed by atoms with van der Waals surface area (Å²) in [6, 6.07) is 16.3. The topological polar surface area (TPSA) is 12.5 Å². The maximum atomic E-state index is 5.86. The summed E-state index contributed by atoms with van der Waals surface area (Å²) in [5.41, 5.74) is 2.27. The molecule has 0 saturated carbocycles. The van der Waals surface area contributed by atoms with Gasteiger partial charge in [0.05, 0.1) is 15.9 Å². The van der Waals surface area contributed by atoms with Crippen LogP contribution in [0.5, 0.6) is 11.5 Å². The first-order valence-electron chi connectivity index (χ1n) is 5.09. The minimum Gasteiger partial charge on any atom is -0.453 e. The Bertz CT molecular complexity index is 481. The van der Waals surface area contributed by atoms with E-state index in [-0.39, 0.29) is 0 Å². The van der Waals surface area contributed by atoms with Crippen molar-refractivity contribution in [3.63, 3.8) is 0 Å². The molecule has 0 aliphatic carbocycles. The fraction of sp³-hybridized carbons (Fsp3) is 0.0769. The lowest BCUT2D eigenvalue weighted by atomic mass is 10.2. The predicted molar refractivity (Wildman–Crippen MR) is 74.0 cm³/mol. The second-order valence-electron chi connectivity index (χ2n) is 3.59. The number of hydrogen-bond acceptors (Lipinski definition) is 2. The van der Waals surface area contributed by atoms with Crippen LogP contribution in [-0.4, -0.2) is 4.55 Å². The van der Waals surface area contributed by atoms with Crippen LogP contribution in [0.2, 0.25) is 0 Å². The average Bonchev–Trinajstić information content (AvgIpc) is 2.36. The summed E-state index contributed by atoms with van der Waals surface area (Å²) in [5, 5.41) is 0. The van der Waals surface area contributed by atoms with Crippen molar-refractivity contribution in [1.29, 1.82) is 0 Å². The van der Waals surface area contributed by atoms with Crippen LogP contribution in [0.15, 0.2) is 48.5 Å². The molecule has 0 atom stereocenters. The number of rotatable bonds is 1. The highest BCUT2D eigenvalue weighted by atomic mass is 127. The molecule has 0 fully saturated rings. The van der Waals surface area contributed by atoms with Crippen LogP contribution in [0, 0.1) is 0 Å². The van der Waals surface area contributed by atoms with Crippen LogP contribution in [-0.2, 0) is 0 Å². The van der Waals surface area contributed by atoms with E-state index in [1.807, 2.05) is 36.4 Å². The minimum absolute atomic E-state index is 0.912. The first-order valence-corrected chi connectivity index (χ1v) is 6.62. The van der Waals surface area contributed by atoms with Gasteiger partial charge in [-0.1, -0.05) is 46.9 Å². The zero-order valence-electron chi connectivity index (χ0n) is 8.56. The third-order valence-corrected chi connectivity index (χ3v) is 3.33. The molecule has 0 spiro atoms. The van der Waals surface area contributed by atoms with Crippen molar-refractivity contribution in [3.8, 4) is 11.5 Å². The Morgan fingerprint density at radius 2 is 1.38 bits per heavy atom. The molecule has 0 radical (unpaired) electrons. The Kier molecular flexibility index (Phi) is 2.47. The first kappa shape index (κ1) is 9.96. The Balaban J connectivity index is 2.19. The summed E-state index contributed by atoms with van der Waals surface area (Å²) in [4.78, 5) is 2.26. The molecule has 1 aliphatic rings. The van der Waals surface area contributed by atoms with Crippen molar-refractivity contribution in [3.05, 3.63) is 48.5 Å². The highest BCUT2D eigenvalue weighted by Gasteiger charge is 2.22. The monoisotopic (exact) mass is 323 g/mol. The van der Waals surface area contributed by atoms with E-state index in [1.54, 1.807) is 0 Å². The van der Waals surface area contributed by atoms with E-state index < -0.39 is 0 Å². The second-order valence-corrected chi connectivity index (χ2v) is 4.27. The van der Waals surface area contributed by atoms with Gasteiger partial charge < -0.3 is 9.64 Å². The third-order valence-electron chi connectivity index (χ3n) is 2.65. The fourth-order valence-corrected chi connectivity index (χ4v) is 2.64. The number of alkyl halides is 1. The van der Waals surface area contributed by atoms with Crippen LogP contribution < -0.4 is 9.64 Å². The molecular weight excluding hydrogens is 313 g/mol. The summed E-state index contributed by atoms with van der Waals surface area (Å²) < 4.78 is 6.78. The summed E-state index contributed by atoms with van der Waals surface area (Å²) >= 11 is 2.37. The Morgan fingerprint density at radius 1 is 0.875 bits per heavy atom. The third kappa shape index (κ3) is 1.46. The molecule has 2 nitrogen and oxygen atoms in total. The zero-order valence-corrected chi connectivity index (χ0v) is 10.7. The Morgan fingerprint density at radius 3 is 1.88 bits per heavy atom. The largest absolute Gasteiger partial charge is 0.453 e. The first-order chi connectivity index (χ1) is 7.90. The summed E-state index contributed by atoms with van der Waals surface area (Å²) in [6.07, 6.45) is 0. The maximum absolute atomic E-state index is 5.86. The standard InChI is InChI=1S/C13H10INO/c14-9-15-10-5-1-3-7-12(10)16-13-8-4-2-6-11(13)15/h1-8H,9H2. The summed E-state index contributed by atoms with van der Waals surface area (Å²) in [5.74, 6) is 1.86. The lowest BCUT2D eigenvalue weighted by Crippen LogP contribution is -2.18. The van der Waals surface area contributed by atoms with Crippen LogP contribution in [0.3, 0.4) is 0 Å². The van der Waals surface area contributed by atoms with E-state index in [2.05, 4.69) is 39.6 Å². The quantitative estimate of drug-likeness (QED) is 0.440. The molecule has 0 amide bonds. The van der Waals surface area contributed by atoms with Crippen molar-refractivity contribution < 1.29 is 4.74 Å². The highest BCUT2D eigenvalue weighted by Crippen LogP contribution is 2.46. The molecule has 3 rings (SSSR count). The van der Waals surface area contributed by atoms with Crippen LogP contribution in [0.4, 0.5) is 11.4 Å². The van der Waals surface area contributed by atoms with Crippen LogP contribution >= 0.6 is 22.6 Å². The number of nitrogens with zero attached hydrogens (tertiary/aromatic N) is 1. The van der Waals surface area contributed by atoms with Gasteiger partial charge in [0.2, 0.25) is 0 Å². The molecule has 1 heterocycles. The smallest absolute Gasteiger partial charge is 0.151 e. The molecule has 2 aromatic carbocycles. The molecule has 80 valence electrons. The normalized spacial score (nSPS) is 12.7. The number of para-hydroxylation sites is 4. The van der Waals surface area contributed by atoms with E-state index in [4.69, 9.17) is 4.74 Å². The molecular formula is C13H10INO. The number of fused-ring (bicyclic) bond motifs is 2. The number of ether oxygens (including phenoxy) is 1. The number of hydrogen-bond donors (Lipinski definition) is 0. The lowest BCUT2D eigenvalue weighted by molar-refractivity contribution is 0.475. The van der Waals surface area contributed by atoms with Crippen molar-refractivity contribution in [2.24, 2.45) is 0 Å². The van der Waals surface area contributed by atoms with Gasteiger partial charge in [0.1, 0.15) is 0 Å². The molecule has 1 aliphatic heterocycles. The molecule has 0 saturated heterocycles. The lowest BCUT2D eigenvalue weighted by Gasteiger charge is -2.31. The van der Waals surface area contributed by atoms with Crippen molar-refractivity contribution in [2.75, 3.05) is 9.45 Å². The number of halogens is 1. The number of anilines is 2. The number of benzene rings is 2. The van der Waals surface area contributed by atoms with Crippen molar-refractivity contribution >= 4 is 34.0 Å². The summed E-state index contributed by atoms with van der Waals surface area (Å²) in [6.45, 7) is 0. The Labute approximate surface area is 108 Å². The highest BCUT2D eigenvalue weighted by molar-refractivity contribution is 14.1.